The van der Waals surface area contributed by atoms with Crippen LogP contribution in [-0.4, -0.2) is 37.1 Å². The SMILES string of the molecule is C=N/C=C/C=C(\N=C\C=N)N(CCCC)CC(C)C. The maximum atomic E-state index is 7.06. The number of nitrogens with one attached hydrogen (secondary N) is 1. The van der Waals surface area contributed by atoms with Crippen molar-refractivity contribution in [2.45, 2.75) is 33.6 Å². The van der Waals surface area contributed by atoms with Crippen LogP contribution in [0.15, 0.2) is 34.2 Å². The molecule has 0 unspecified atom stereocenters. The van der Waals surface area contributed by atoms with Gasteiger partial charge in [-0.15, -0.1) is 0 Å². The van der Waals surface area contributed by atoms with E-state index in [2.05, 4.69) is 42.4 Å². The standard InChI is InChI=1S/C15H26N4/c1-5-6-12-19(13-14(2)3)15(18-11-9-16)8-7-10-17-4/h7-11,14,16H,4-6,12-13H2,1-3H3/b10-7+,15-8+,16-9?,18-11+. The summed E-state index contributed by atoms with van der Waals surface area (Å²) in [6, 6.07) is 0. The fourth-order valence-corrected chi connectivity index (χ4v) is 1.62. The minimum absolute atomic E-state index is 0.567. The highest BCUT2D eigenvalue weighted by atomic mass is 15.2. The zero-order valence-corrected chi connectivity index (χ0v) is 12.3. The Bertz CT molecular complexity index is 340. The minimum atomic E-state index is 0.567. The van der Waals surface area contributed by atoms with Crippen molar-refractivity contribution in [3.63, 3.8) is 0 Å². The third kappa shape index (κ3) is 8.94. The van der Waals surface area contributed by atoms with Crippen molar-refractivity contribution in [3.8, 4) is 0 Å². The van der Waals surface area contributed by atoms with Crippen LogP contribution in [0.25, 0.3) is 0 Å². The predicted molar refractivity (Wildman–Crippen MR) is 85.4 cm³/mol. The zero-order valence-electron chi connectivity index (χ0n) is 12.3. The first-order valence-corrected chi connectivity index (χ1v) is 6.76. The van der Waals surface area contributed by atoms with Crippen molar-refractivity contribution in [1.29, 1.82) is 5.41 Å². The number of rotatable bonds is 10. The van der Waals surface area contributed by atoms with Gasteiger partial charge in [0.25, 0.3) is 0 Å². The molecule has 0 aliphatic heterocycles. The van der Waals surface area contributed by atoms with E-state index in [0.29, 0.717) is 5.92 Å². The number of hydrogen-bond acceptors (Lipinski definition) is 4. The molecule has 0 saturated heterocycles. The molecule has 0 radical (unpaired) electrons. The molecule has 19 heavy (non-hydrogen) atoms. The van der Waals surface area contributed by atoms with Crippen LogP contribution in [0, 0.1) is 11.3 Å². The third-order valence-corrected chi connectivity index (χ3v) is 2.41. The smallest absolute Gasteiger partial charge is 0.128 e. The number of unbranched alkanes of at least 4 members (excludes halogenated alkanes) is 1. The third-order valence-electron chi connectivity index (χ3n) is 2.41. The summed E-state index contributed by atoms with van der Waals surface area (Å²) < 4.78 is 0. The first-order valence-electron chi connectivity index (χ1n) is 6.76. The van der Waals surface area contributed by atoms with Crippen molar-refractivity contribution >= 4 is 19.1 Å². The lowest BCUT2D eigenvalue weighted by Gasteiger charge is -2.26. The van der Waals surface area contributed by atoms with E-state index in [-0.39, 0.29) is 0 Å². The lowest BCUT2D eigenvalue weighted by molar-refractivity contribution is 0.297. The maximum absolute atomic E-state index is 7.06. The van der Waals surface area contributed by atoms with E-state index in [9.17, 15) is 0 Å². The van der Waals surface area contributed by atoms with Crippen molar-refractivity contribution in [3.05, 3.63) is 24.2 Å². The Morgan fingerprint density at radius 2 is 2.16 bits per heavy atom. The Kier molecular flexibility index (Phi) is 10.4. The minimum Gasteiger partial charge on any atom is -0.356 e. The number of nitrogens with zero attached hydrogens (tertiary/aromatic N) is 3. The van der Waals surface area contributed by atoms with Crippen LogP contribution in [0.4, 0.5) is 0 Å². The Morgan fingerprint density at radius 1 is 1.42 bits per heavy atom. The average Bonchev–Trinajstić information content (AvgIpc) is 2.38. The molecule has 4 heteroatoms. The van der Waals surface area contributed by atoms with Gasteiger partial charge in [-0.2, -0.15) is 0 Å². The molecule has 0 aliphatic carbocycles. The maximum Gasteiger partial charge on any atom is 0.128 e. The van der Waals surface area contributed by atoms with Gasteiger partial charge in [0.2, 0.25) is 0 Å². The second-order valence-corrected chi connectivity index (χ2v) is 4.69. The van der Waals surface area contributed by atoms with Crippen LogP contribution in [0.2, 0.25) is 0 Å². The van der Waals surface area contributed by atoms with E-state index in [4.69, 9.17) is 5.41 Å². The molecule has 4 nitrogen and oxygen atoms in total. The highest BCUT2D eigenvalue weighted by molar-refractivity contribution is 6.14. The van der Waals surface area contributed by atoms with Gasteiger partial charge >= 0.3 is 0 Å². The molecule has 0 rings (SSSR count). The van der Waals surface area contributed by atoms with Gasteiger partial charge in [-0.25, -0.2) is 4.99 Å². The summed E-state index contributed by atoms with van der Waals surface area (Å²) in [7, 11) is 0. The number of allylic oxidation sites excluding steroid dienone is 2. The second kappa shape index (κ2) is 11.4. The molecule has 0 saturated carbocycles. The zero-order chi connectivity index (χ0) is 14.5. The monoisotopic (exact) mass is 262 g/mol. The molecule has 0 spiro atoms. The molecule has 0 aliphatic rings. The van der Waals surface area contributed by atoms with Crippen LogP contribution < -0.4 is 0 Å². The van der Waals surface area contributed by atoms with Crippen molar-refractivity contribution in [1.82, 2.24) is 4.90 Å². The van der Waals surface area contributed by atoms with Gasteiger partial charge in [-0.05, 0) is 31.2 Å². The first kappa shape index (κ1) is 17.3. The highest BCUT2D eigenvalue weighted by Gasteiger charge is 2.09. The topological polar surface area (TPSA) is 51.8 Å². The van der Waals surface area contributed by atoms with Crippen LogP contribution in [0.1, 0.15) is 33.6 Å². The predicted octanol–water partition coefficient (Wildman–Crippen LogP) is 3.52. The molecular formula is C15H26N4. The molecule has 0 aromatic heterocycles. The molecular weight excluding hydrogens is 236 g/mol. The lowest BCUT2D eigenvalue weighted by atomic mass is 10.2. The molecule has 0 bridgehead atoms. The molecule has 0 fully saturated rings. The highest BCUT2D eigenvalue weighted by Crippen LogP contribution is 2.11. The van der Waals surface area contributed by atoms with Crippen LogP contribution in [-0.2, 0) is 0 Å². The van der Waals surface area contributed by atoms with E-state index in [0.717, 1.165) is 31.8 Å². The van der Waals surface area contributed by atoms with Crippen molar-refractivity contribution in [2.75, 3.05) is 13.1 Å². The molecule has 0 aromatic carbocycles. The van der Waals surface area contributed by atoms with Gasteiger partial charge in [-0.1, -0.05) is 27.2 Å². The van der Waals surface area contributed by atoms with E-state index in [1.165, 1.54) is 12.4 Å². The van der Waals surface area contributed by atoms with Crippen molar-refractivity contribution < 1.29 is 0 Å². The fraction of sp³-hybridized carbons (Fsp3) is 0.533. The van der Waals surface area contributed by atoms with E-state index >= 15 is 0 Å². The van der Waals surface area contributed by atoms with E-state index in [1.807, 2.05) is 12.2 Å². The summed E-state index contributed by atoms with van der Waals surface area (Å²) >= 11 is 0. The van der Waals surface area contributed by atoms with Gasteiger partial charge in [0.1, 0.15) is 5.82 Å². The molecule has 0 atom stereocenters. The Morgan fingerprint density at radius 3 is 2.68 bits per heavy atom. The summed E-state index contributed by atoms with van der Waals surface area (Å²) in [5, 5.41) is 7.06. The first-order chi connectivity index (χ1) is 9.15. The van der Waals surface area contributed by atoms with Gasteiger partial charge in [-0.3, -0.25) is 4.99 Å². The van der Waals surface area contributed by atoms with Crippen LogP contribution >= 0.6 is 0 Å². The summed E-state index contributed by atoms with van der Waals surface area (Å²) in [5.74, 6) is 1.43. The van der Waals surface area contributed by atoms with Crippen molar-refractivity contribution in [2.24, 2.45) is 15.9 Å². The molecule has 0 heterocycles. The summed E-state index contributed by atoms with van der Waals surface area (Å²) in [4.78, 5) is 10.3. The Labute approximate surface area is 117 Å². The van der Waals surface area contributed by atoms with E-state index < -0.39 is 0 Å². The largest absolute Gasteiger partial charge is 0.356 e. The van der Waals surface area contributed by atoms with Gasteiger partial charge in [0.15, 0.2) is 0 Å². The van der Waals surface area contributed by atoms with E-state index in [1.54, 1.807) is 6.20 Å². The van der Waals surface area contributed by atoms with Gasteiger partial charge in [0.05, 0.1) is 0 Å². The van der Waals surface area contributed by atoms with Gasteiger partial charge in [0, 0.05) is 31.7 Å². The molecule has 1 N–H and O–H groups in total. The van der Waals surface area contributed by atoms with Crippen LogP contribution in [0.5, 0.6) is 0 Å². The summed E-state index contributed by atoms with van der Waals surface area (Å²) in [6.07, 6.45) is 10.3. The molecule has 0 amide bonds. The quantitative estimate of drug-likeness (QED) is 0.475. The average molecular weight is 262 g/mol. The summed E-state index contributed by atoms with van der Waals surface area (Å²) in [5.41, 5.74) is 0. The molecule has 0 aromatic rings. The van der Waals surface area contributed by atoms with Crippen LogP contribution in [0.3, 0.4) is 0 Å². The normalized spacial score (nSPS) is 12.5. The Hall–Kier alpha value is -1.71. The Balaban J connectivity index is 5.02. The summed E-state index contributed by atoms with van der Waals surface area (Å²) in [6.45, 7) is 11.9. The fourth-order valence-electron chi connectivity index (χ4n) is 1.62. The lowest BCUT2D eigenvalue weighted by Crippen LogP contribution is -2.27. The second-order valence-electron chi connectivity index (χ2n) is 4.69. The van der Waals surface area contributed by atoms with Gasteiger partial charge < -0.3 is 10.3 Å². The number of hydrogen-bond donors (Lipinski definition) is 1. The molecule has 106 valence electrons. The number of aliphatic imine (C=N–C) groups is 2.